The first-order chi connectivity index (χ1) is 12.9. The molecule has 1 saturated carbocycles. The fourth-order valence-electron chi connectivity index (χ4n) is 3.22. The molecule has 0 radical (unpaired) electrons. The van der Waals surface area contributed by atoms with Gasteiger partial charge < -0.3 is 14.4 Å². The minimum Gasteiger partial charge on any atom is -0.497 e. The number of amides is 1. The highest BCUT2D eigenvalue weighted by Crippen LogP contribution is 2.32. The zero-order valence-electron chi connectivity index (χ0n) is 15.2. The van der Waals surface area contributed by atoms with E-state index in [0.717, 1.165) is 18.4 Å². The molecule has 1 heterocycles. The van der Waals surface area contributed by atoms with Crippen molar-refractivity contribution >= 4 is 27.8 Å². The number of nitrogens with zero attached hydrogens (tertiary/aromatic N) is 1. The molecule has 146 valence electrons. The predicted octanol–water partition coefficient (Wildman–Crippen LogP) is 1.43. The van der Waals surface area contributed by atoms with E-state index in [2.05, 4.69) is 0 Å². The first-order valence-electron chi connectivity index (χ1n) is 8.88. The molecule has 0 spiro atoms. The van der Waals surface area contributed by atoms with Crippen LogP contribution in [0, 0.1) is 0 Å². The van der Waals surface area contributed by atoms with E-state index in [1.54, 1.807) is 36.3 Å². The predicted molar refractivity (Wildman–Crippen MR) is 99.9 cm³/mol. The fraction of sp³-hybridized carbons (Fsp3) is 0.474. The van der Waals surface area contributed by atoms with Gasteiger partial charge in [0.25, 0.3) is 5.91 Å². The van der Waals surface area contributed by atoms with Gasteiger partial charge in [0, 0.05) is 18.2 Å². The number of ether oxygens (including phenoxy) is 2. The number of esters is 1. The molecule has 1 aromatic carbocycles. The summed E-state index contributed by atoms with van der Waals surface area (Å²) in [4.78, 5) is 26.0. The highest BCUT2D eigenvalue weighted by molar-refractivity contribution is 7.91. The Balaban J connectivity index is 1.54. The van der Waals surface area contributed by atoms with Gasteiger partial charge in [-0.1, -0.05) is 12.1 Å². The third kappa shape index (κ3) is 5.32. The zero-order chi connectivity index (χ0) is 19.4. The van der Waals surface area contributed by atoms with Crippen molar-refractivity contribution in [2.75, 3.05) is 25.2 Å². The van der Waals surface area contributed by atoms with E-state index in [1.807, 2.05) is 6.07 Å². The summed E-state index contributed by atoms with van der Waals surface area (Å²) < 4.78 is 33.6. The Morgan fingerprint density at radius 1 is 1.22 bits per heavy atom. The van der Waals surface area contributed by atoms with Crippen molar-refractivity contribution in [3.05, 3.63) is 35.9 Å². The van der Waals surface area contributed by atoms with Gasteiger partial charge in [0.2, 0.25) is 0 Å². The van der Waals surface area contributed by atoms with E-state index < -0.39 is 15.8 Å². The normalized spacial score (nSPS) is 21.1. The molecule has 27 heavy (non-hydrogen) atoms. The van der Waals surface area contributed by atoms with Crippen molar-refractivity contribution < 1.29 is 27.5 Å². The van der Waals surface area contributed by atoms with Crippen molar-refractivity contribution in [3.8, 4) is 5.75 Å². The average molecular weight is 393 g/mol. The largest absolute Gasteiger partial charge is 0.497 e. The molecule has 7 nitrogen and oxygen atoms in total. The Kier molecular flexibility index (Phi) is 5.84. The number of carbonyl (C=O) groups is 2. The average Bonchev–Trinajstić information content (AvgIpc) is 3.41. The van der Waals surface area contributed by atoms with E-state index in [0.29, 0.717) is 12.2 Å². The van der Waals surface area contributed by atoms with Crippen LogP contribution in [-0.4, -0.2) is 62.5 Å². The molecule has 2 aliphatic rings. The molecule has 1 amide bonds. The molecule has 1 saturated heterocycles. The lowest BCUT2D eigenvalue weighted by atomic mass is 10.2. The second kappa shape index (κ2) is 8.12. The summed E-state index contributed by atoms with van der Waals surface area (Å²) in [5, 5.41) is 0. The van der Waals surface area contributed by atoms with Crippen LogP contribution in [0.3, 0.4) is 0 Å². The summed E-state index contributed by atoms with van der Waals surface area (Å²) in [7, 11) is -1.52. The number of rotatable bonds is 7. The van der Waals surface area contributed by atoms with E-state index in [-0.39, 0.29) is 36.1 Å². The maximum absolute atomic E-state index is 12.5. The summed E-state index contributed by atoms with van der Waals surface area (Å²) in [5.74, 6) is -0.174. The molecule has 1 aliphatic heterocycles. The van der Waals surface area contributed by atoms with Crippen LogP contribution in [0.25, 0.3) is 6.08 Å². The zero-order valence-corrected chi connectivity index (χ0v) is 16.0. The van der Waals surface area contributed by atoms with E-state index in [9.17, 15) is 18.0 Å². The number of hydrogen-bond acceptors (Lipinski definition) is 6. The molecule has 2 fully saturated rings. The van der Waals surface area contributed by atoms with Gasteiger partial charge >= 0.3 is 5.97 Å². The number of sulfone groups is 1. The van der Waals surface area contributed by atoms with Crippen molar-refractivity contribution in [1.82, 2.24) is 4.90 Å². The van der Waals surface area contributed by atoms with Gasteiger partial charge in [0.15, 0.2) is 16.4 Å². The van der Waals surface area contributed by atoms with Gasteiger partial charge in [0.05, 0.1) is 18.6 Å². The Labute approximate surface area is 158 Å². The standard InChI is InChI=1S/C19H23NO6S/c1-25-17-4-2-3-14(11-17)5-8-19(22)26-12-18(21)20(15-6-7-15)16-9-10-27(23,24)13-16/h2-5,8,11,15-16H,6-7,9-10,12-13H2,1H3/b8-5+/t16-/m0/s1. The van der Waals surface area contributed by atoms with E-state index in [4.69, 9.17) is 9.47 Å². The topological polar surface area (TPSA) is 90.0 Å². The summed E-state index contributed by atoms with van der Waals surface area (Å²) in [6.45, 7) is -0.381. The van der Waals surface area contributed by atoms with Crippen molar-refractivity contribution in [3.63, 3.8) is 0 Å². The summed E-state index contributed by atoms with van der Waals surface area (Å²) in [6, 6.07) is 6.94. The van der Waals surface area contributed by atoms with Crippen molar-refractivity contribution in [2.45, 2.75) is 31.3 Å². The number of carbonyl (C=O) groups excluding carboxylic acids is 2. The molecular weight excluding hydrogens is 370 g/mol. The molecule has 0 N–H and O–H groups in total. The second-order valence-electron chi connectivity index (χ2n) is 6.81. The molecule has 8 heteroatoms. The lowest BCUT2D eigenvalue weighted by Crippen LogP contribution is -2.44. The first-order valence-corrected chi connectivity index (χ1v) is 10.7. The van der Waals surface area contributed by atoms with E-state index >= 15 is 0 Å². The highest BCUT2D eigenvalue weighted by atomic mass is 32.2. The number of benzene rings is 1. The second-order valence-corrected chi connectivity index (χ2v) is 9.04. The van der Waals surface area contributed by atoms with Crippen LogP contribution in [-0.2, 0) is 24.2 Å². The van der Waals surface area contributed by atoms with E-state index in [1.165, 1.54) is 6.08 Å². The minimum atomic E-state index is -3.08. The number of hydrogen-bond donors (Lipinski definition) is 0. The lowest BCUT2D eigenvalue weighted by molar-refractivity contribution is -0.149. The maximum atomic E-state index is 12.5. The van der Waals surface area contributed by atoms with Gasteiger partial charge in [-0.25, -0.2) is 13.2 Å². The van der Waals surface area contributed by atoms with Crippen LogP contribution in [0.1, 0.15) is 24.8 Å². The van der Waals surface area contributed by atoms with Crippen LogP contribution in [0.15, 0.2) is 30.3 Å². The number of methoxy groups -OCH3 is 1. The first kappa shape index (κ1) is 19.4. The molecule has 0 aromatic heterocycles. The van der Waals surface area contributed by atoms with Crippen LogP contribution in [0.2, 0.25) is 0 Å². The molecule has 3 rings (SSSR count). The highest BCUT2D eigenvalue weighted by Gasteiger charge is 2.42. The molecule has 1 aromatic rings. The lowest BCUT2D eigenvalue weighted by Gasteiger charge is -2.28. The van der Waals surface area contributed by atoms with Gasteiger partial charge in [0.1, 0.15) is 5.75 Å². The van der Waals surface area contributed by atoms with Crippen LogP contribution in [0.5, 0.6) is 5.75 Å². The van der Waals surface area contributed by atoms with Gasteiger partial charge in [-0.3, -0.25) is 4.79 Å². The van der Waals surface area contributed by atoms with Crippen LogP contribution < -0.4 is 4.74 Å². The SMILES string of the molecule is COc1cccc(/C=C/C(=O)OCC(=O)N(C2CC2)[C@H]2CCS(=O)(=O)C2)c1. The van der Waals surface area contributed by atoms with Crippen molar-refractivity contribution in [1.29, 1.82) is 0 Å². The van der Waals surface area contributed by atoms with Gasteiger partial charge in [-0.15, -0.1) is 0 Å². The quantitative estimate of drug-likeness (QED) is 0.514. The fourth-order valence-corrected chi connectivity index (χ4v) is 4.93. The van der Waals surface area contributed by atoms with Crippen LogP contribution in [0.4, 0.5) is 0 Å². The van der Waals surface area contributed by atoms with Crippen molar-refractivity contribution in [2.24, 2.45) is 0 Å². The molecule has 1 aliphatic carbocycles. The summed E-state index contributed by atoms with van der Waals surface area (Å²) in [5.41, 5.74) is 0.772. The Hall–Kier alpha value is -2.35. The molecule has 0 unspecified atom stereocenters. The van der Waals surface area contributed by atoms with Gasteiger partial charge in [-0.2, -0.15) is 0 Å². The smallest absolute Gasteiger partial charge is 0.331 e. The van der Waals surface area contributed by atoms with Crippen LogP contribution >= 0.6 is 0 Å². The summed E-state index contributed by atoms with van der Waals surface area (Å²) in [6.07, 6.45) is 5.02. The minimum absolute atomic E-state index is 0.00106. The Morgan fingerprint density at radius 2 is 2.00 bits per heavy atom. The summed E-state index contributed by atoms with van der Waals surface area (Å²) >= 11 is 0. The molecule has 0 bridgehead atoms. The Morgan fingerprint density at radius 3 is 2.63 bits per heavy atom. The molecule has 1 atom stereocenters. The third-order valence-electron chi connectivity index (χ3n) is 4.67. The third-order valence-corrected chi connectivity index (χ3v) is 6.42. The monoisotopic (exact) mass is 393 g/mol. The van der Waals surface area contributed by atoms with Gasteiger partial charge in [-0.05, 0) is 43.0 Å². The Bertz CT molecular complexity index is 844. The molecular formula is C19H23NO6S. The maximum Gasteiger partial charge on any atom is 0.331 e.